The smallest absolute Gasteiger partial charge is 0.271 e. The average molecular weight is 550 g/mol. The number of nitrogens with zero attached hydrogens (tertiary/aromatic N) is 2. The number of pyridine rings is 1. The van der Waals surface area contributed by atoms with Gasteiger partial charge in [0, 0.05) is 45.7 Å². The molecule has 3 atom stereocenters. The van der Waals surface area contributed by atoms with Gasteiger partial charge in [-0.2, -0.15) is 5.10 Å². The molecule has 2 aliphatic heterocycles. The largest absolute Gasteiger partial charge is 0.493 e. The molecule has 1 saturated heterocycles. The van der Waals surface area contributed by atoms with E-state index in [9.17, 15) is 9.59 Å². The number of aromatic nitrogens is 1. The van der Waals surface area contributed by atoms with Crippen LogP contribution in [0.3, 0.4) is 0 Å². The van der Waals surface area contributed by atoms with Crippen molar-refractivity contribution in [2.75, 3.05) is 19.7 Å². The van der Waals surface area contributed by atoms with Crippen molar-refractivity contribution in [3.63, 3.8) is 0 Å². The van der Waals surface area contributed by atoms with E-state index in [2.05, 4.69) is 38.6 Å². The van der Waals surface area contributed by atoms with Crippen LogP contribution in [0, 0.1) is 5.92 Å². The monoisotopic (exact) mass is 549 g/mol. The van der Waals surface area contributed by atoms with Crippen LogP contribution in [0.25, 0.3) is 0 Å². The molecule has 3 aromatic rings. The number of carbonyl (C=O) groups is 1. The predicted octanol–water partition coefficient (Wildman–Crippen LogP) is 2.98. The highest BCUT2D eigenvalue weighted by Gasteiger charge is 2.37. The molecule has 0 spiro atoms. The van der Waals surface area contributed by atoms with Gasteiger partial charge in [0.1, 0.15) is 12.3 Å². The number of benzene rings is 2. The molecule has 1 aromatic heterocycles. The maximum absolute atomic E-state index is 12.4. The van der Waals surface area contributed by atoms with Gasteiger partial charge in [0.2, 0.25) is 0 Å². The highest BCUT2D eigenvalue weighted by atomic mass is 79.9. The molecule has 2 aliphatic rings. The van der Waals surface area contributed by atoms with Crippen LogP contribution in [0.1, 0.15) is 46.4 Å². The van der Waals surface area contributed by atoms with Crippen molar-refractivity contribution in [3.05, 3.63) is 97.9 Å². The SMILES string of the molecule is CCOc1ccc(C=NNC(=O)c2cccc(Br)c2)cc1C[NH+]1CC2CC(C1)c1cccc(=O)n1C2. The Bertz CT molecular complexity index is 1350. The first-order valence-electron chi connectivity index (χ1n) is 12.4. The molecule has 3 unspecified atom stereocenters. The van der Waals surface area contributed by atoms with E-state index in [4.69, 9.17) is 4.74 Å². The molecule has 2 bridgehead atoms. The number of likely N-dealkylation sites (tertiary alicyclic amines) is 1. The first-order chi connectivity index (χ1) is 17.5. The number of nitrogens with one attached hydrogen (secondary N) is 2. The highest BCUT2D eigenvalue weighted by Crippen LogP contribution is 2.30. The number of fused-ring (bicyclic) bond motifs is 4. The first kappa shape index (κ1) is 24.5. The Morgan fingerprint density at radius 2 is 2.06 bits per heavy atom. The molecule has 3 heterocycles. The lowest BCUT2D eigenvalue weighted by Crippen LogP contribution is -3.13. The van der Waals surface area contributed by atoms with Crippen LogP contribution < -0.4 is 20.6 Å². The van der Waals surface area contributed by atoms with Crippen LogP contribution in [-0.2, 0) is 13.1 Å². The number of hydrogen-bond acceptors (Lipinski definition) is 4. The van der Waals surface area contributed by atoms with Gasteiger partial charge in [-0.05, 0) is 61.4 Å². The maximum Gasteiger partial charge on any atom is 0.271 e. The van der Waals surface area contributed by atoms with E-state index in [1.54, 1.807) is 24.4 Å². The zero-order valence-corrected chi connectivity index (χ0v) is 21.8. The van der Waals surface area contributed by atoms with Crippen LogP contribution in [0.2, 0.25) is 0 Å². The molecule has 5 rings (SSSR count). The molecular formula is C28H30BrN4O3+. The van der Waals surface area contributed by atoms with E-state index >= 15 is 0 Å². The topological polar surface area (TPSA) is 77.1 Å². The van der Waals surface area contributed by atoms with Gasteiger partial charge >= 0.3 is 0 Å². The number of halogens is 1. The number of carbonyl (C=O) groups excluding carboxylic acids is 1. The van der Waals surface area contributed by atoms with Gasteiger partial charge in [0.25, 0.3) is 11.5 Å². The minimum absolute atomic E-state index is 0.114. The summed E-state index contributed by atoms with van der Waals surface area (Å²) in [5, 5.41) is 4.17. The standard InChI is InChI=1S/C28H29BrN4O3/c1-2-36-26-10-9-19(14-30-31-28(35)21-5-3-6-24(29)13-21)11-23(26)18-32-15-20-12-22(17-32)25-7-4-8-27(34)33(25)16-20/h3-11,13-14,20,22H,2,12,15-18H2,1H3,(H,31,35)/p+1. The number of quaternary nitrogens is 1. The molecule has 8 heteroatoms. The summed E-state index contributed by atoms with van der Waals surface area (Å²) in [4.78, 5) is 26.2. The molecule has 2 N–H and O–H groups in total. The lowest BCUT2D eigenvalue weighted by Gasteiger charge is -2.40. The zero-order chi connectivity index (χ0) is 25.1. The Balaban J connectivity index is 1.30. The van der Waals surface area contributed by atoms with Gasteiger partial charge in [-0.15, -0.1) is 0 Å². The Labute approximate surface area is 218 Å². The summed E-state index contributed by atoms with van der Waals surface area (Å²) in [5.74, 6) is 1.52. The van der Waals surface area contributed by atoms with Crippen LogP contribution in [0.15, 0.2) is 75.0 Å². The molecule has 2 aromatic carbocycles. The fourth-order valence-electron chi connectivity index (χ4n) is 5.51. The number of amides is 1. The number of hydrogen-bond donors (Lipinski definition) is 2. The molecule has 1 amide bonds. The van der Waals surface area contributed by atoms with Gasteiger partial charge in [-0.3, -0.25) is 9.59 Å². The Morgan fingerprint density at radius 3 is 2.89 bits per heavy atom. The molecule has 0 radical (unpaired) electrons. The second kappa shape index (κ2) is 10.8. The summed E-state index contributed by atoms with van der Waals surface area (Å²) in [6.45, 7) is 6.25. The van der Waals surface area contributed by atoms with Crippen molar-refractivity contribution in [1.29, 1.82) is 0 Å². The summed E-state index contributed by atoms with van der Waals surface area (Å²) in [6.07, 6.45) is 2.81. The quantitative estimate of drug-likeness (QED) is 0.351. The highest BCUT2D eigenvalue weighted by molar-refractivity contribution is 9.10. The van der Waals surface area contributed by atoms with Gasteiger partial charge in [0.05, 0.1) is 25.9 Å². The Hall–Kier alpha value is -3.23. The van der Waals surface area contributed by atoms with E-state index in [-0.39, 0.29) is 11.5 Å². The van der Waals surface area contributed by atoms with Crippen LogP contribution in [0.5, 0.6) is 5.75 Å². The fourth-order valence-corrected chi connectivity index (χ4v) is 5.91. The second-order valence-electron chi connectivity index (χ2n) is 9.54. The van der Waals surface area contributed by atoms with Crippen LogP contribution in [0.4, 0.5) is 0 Å². The lowest BCUT2D eigenvalue weighted by molar-refractivity contribution is -0.924. The van der Waals surface area contributed by atoms with E-state index in [1.165, 1.54) is 10.6 Å². The summed E-state index contributed by atoms with van der Waals surface area (Å²) in [5.41, 5.74) is 6.45. The number of hydrazone groups is 1. The van der Waals surface area contributed by atoms with Crippen molar-refractivity contribution in [1.82, 2.24) is 9.99 Å². The van der Waals surface area contributed by atoms with E-state index in [0.29, 0.717) is 24.0 Å². The third kappa shape index (κ3) is 5.44. The molecular weight excluding hydrogens is 520 g/mol. The Morgan fingerprint density at radius 1 is 1.19 bits per heavy atom. The lowest BCUT2D eigenvalue weighted by atomic mass is 9.83. The Kier molecular flexibility index (Phi) is 7.34. The predicted molar refractivity (Wildman–Crippen MR) is 143 cm³/mol. The summed E-state index contributed by atoms with van der Waals surface area (Å²) >= 11 is 3.38. The van der Waals surface area contributed by atoms with Gasteiger partial charge in [-0.25, -0.2) is 5.43 Å². The summed E-state index contributed by atoms with van der Waals surface area (Å²) < 4.78 is 8.75. The van der Waals surface area contributed by atoms with Crippen molar-refractivity contribution >= 4 is 28.1 Å². The number of rotatable bonds is 7. The van der Waals surface area contributed by atoms with E-state index < -0.39 is 0 Å². The van der Waals surface area contributed by atoms with Crippen LogP contribution in [-0.4, -0.2) is 36.4 Å². The van der Waals surface area contributed by atoms with Gasteiger partial charge in [-0.1, -0.05) is 28.1 Å². The average Bonchev–Trinajstić information content (AvgIpc) is 2.86. The maximum atomic E-state index is 12.4. The third-order valence-electron chi connectivity index (χ3n) is 6.96. The minimum Gasteiger partial charge on any atom is -0.493 e. The number of piperidine rings is 1. The fraction of sp³-hybridized carbons (Fsp3) is 0.321. The molecule has 186 valence electrons. The molecule has 36 heavy (non-hydrogen) atoms. The van der Waals surface area contributed by atoms with Crippen molar-refractivity contribution in [2.45, 2.75) is 32.4 Å². The zero-order valence-electron chi connectivity index (χ0n) is 20.2. The van der Waals surface area contributed by atoms with Crippen molar-refractivity contribution in [2.24, 2.45) is 11.0 Å². The van der Waals surface area contributed by atoms with Crippen molar-refractivity contribution in [3.8, 4) is 5.75 Å². The molecule has 0 saturated carbocycles. The normalized spacial score (nSPS) is 20.7. The molecule has 7 nitrogen and oxygen atoms in total. The third-order valence-corrected chi connectivity index (χ3v) is 7.46. The molecule has 0 aliphatic carbocycles. The van der Waals surface area contributed by atoms with E-state index in [0.717, 1.165) is 53.9 Å². The summed E-state index contributed by atoms with van der Waals surface area (Å²) in [7, 11) is 0. The molecule has 1 fully saturated rings. The summed E-state index contributed by atoms with van der Waals surface area (Å²) in [6, 6.07) is 18.9. The van der Waals surface area contributed by atoms with Gasteiger partial charge < -0.3 is 14.2 Å². The van der Waals surface area contributed by atoms with Crippen molar-refractivity contribution < 1.29 is 14.4 Å². The first-order valence-corrected chi connectivity index (χ1v) is 13.2. The van der Waals surface area contributed by atoms with Crippen LogP contribution >= 0.6 is 15.9 Å². The second-order valence-corrected chi connectivity index (χ2v) is 10.5. The minimum atomic E-state index is -0.262. The van der Waals surface area contributed by atoms with Gasteiger partial charge in [0.15, 0.2) is 0 Å². The number of ether oxygens (including phenoxy) is 1. The van der Waals surface area contributed by atoms with E-state index in [1.807, 2.05) is 41.8 Å².